The molecule has 23 heavy (non-hydrogen) atoms. The molecule has 0 aliphatic carbocycles. The van der Waals surface area contributed by atoms with Gasteiger partial charge in [0.1, 0.15) is 0 Å². The molecule has 0 spiro atoms. The maximum Gasteiger partial charge on any atom is 0.151 e. The Balaban J connectivity index is 1.87. The van der Waals surface area contributed by atoms with Crippen molar-refractivity contribution < 1.29 is 0 Å². The van der Waals surface area contributed by atoms with Crippen LogP contribution in [-0.4, -0.2) is 22.4 Å². The average molecular weight is 327 g/mol. The summed E-state index contributed by atoms with van der Waals surface area (Å²) in [6, 6.07) is 21.2. The number of nitrogens with zero attached hydrogens (tertiary/aromatic N) is 1. The highest BCUT2D eigenvalue weighted by Crippen LogP contribution is 2.12. The van der Waals surface area contributed by atoms with Gasteiger partial charge in [-0.3, -0.25) is 10.3 Å². The zero-order valence-electron chi connectivity index (χ0n) is 13.4. The van der Waals surface area contributed by atoms with Gasteiger partial charge in [0, 0.05) is 18.8 Å². The van der Waals surface area contributed by atoms with Crippen molar-refractivity contribution in [3.63, 3.8) is 0 Å². The summed E-state index contributed by atoms with van der Waals surface area (Å²) in [6.07, 6.45) is 2.21. The summed E-state index contributed by atoms with van der Waals surface area (Å²) < 4.78 is 0. The lowest BCUT2D eigenvalue weighted by Gasteiger charge is -2.22. The maximum absolute atomic E-state index is 7.24. The summed E-state index contributed by atoms with van der Waals surface area (Å²) in [6.45, 7) is 2.99. The Kier molecular flexibility index (Phi) is 7.70. The van der Waals surface area contributed by atoms with E-state index in [2.05, 4.69) is 65.6 Å². The van der Waals surface area contributed by atoms with E-state index in [1.54, 1.807) is 0 Å². The van der Waals surface area contributed by atoms with Crippen LogP contribution in [0.4, 0.5) is 0 Å². The van der Waals surface area contributed by atoms with Gasteiger partial charge >= 0.3 is 0 Å². The molecule has 4 heteroatoms. The zero-order chi connectivity index (χ0) is 16.3. The number of hydrogen-bond acceptors (Lipinski definition) is 3. The van der Waals surface area contributed by atoms with Gasteiger partial charge in [-0.1, -0.05) is 72.4 Å². The number of nitrogens with two attached hydrogens (primary N) is 1. The van der Waals surface area contributed by atoms with E-state index in [1.807, 2.05) is 0 Å². The highest BCUT2D eigenvalue weighted by atomic mass is 32.2. The Bertz CT molecular complexity index is 530. The molecule has 0 aliphatic rings. The molecule has 0 aromatic heterocycles. The zero-order valence-corrected chi connectivity index (χ0v) is 14.3. The lowest BCUT2D eigenvalue weighted by molar-refractivity contribution is 0.253. The molecular formula is C19H25N3S. The minimum Gasteiger partial charge on any atom is -0.379 e. The van der Waals surface area contributed by atoms with E-state index in [4.69, 9.17) is 11.1 Å². The van der Waals surface area contributed by atoms with Gasteiger partial charge < -0.3 is 5.73 Å². The molecule has 0 amide bonds. The molecule has 0 fully saturated rings. The second-order valence-electron chi connectivity index (χ2n) is 5.60. The number of unbranched alkanes of at least 4 members (excludes halogenated alkanes) is 1. The fourth-order valence-corrected chi connectivity index (χ4v) is 3.09. The van der Waals surface area contributed by atoms with Crippen molar-refractivity contribution in [1.29, 1.82) is 5.41 Å². The molecule has 2 aromatic rings. The molecule has 0 unspecified atom stereocenters. The number of amidine groups is 1. The predicted octanol–water partition coefficient (Wildman–Crippen LogP) is 4.10. The number of benzene rings is 2. The van der Waals surface area contributed by atoms with Crippen LogP contribution in [0.1, 0.15) is 24.0 Å². The van der Waals surface area contributed by atoms with Gasteiger partial charge in [-0.05, 0) is 30.5 Å². The van der Waals surface area contributed by atoms with Crippen LogP contribution in [0.2, 0.25) is 0 Å². The van der Waals surface area contributed by atoms with Crippen molar-refractivity contribution in [3.05, 3.63) is 71.8 Å². The van der Waals surface area contributed by atoms with Crippen LogP contribution in [0, 0.1) is 5.41 Å². The SMILES string of the molecule is N=C(N)SCCCCN(Cc1ccccc1)Cc1ccccc1. The van der Waals surface area contributed by atoms with Crippen LogP contribution >= 0.6 is 11.8 Å². The third-order valence-electron chi connectivity index (χ3n) is 3.62. The fourth-order valence-electron chi connectivity index (χ4n) is 2.52. The summed E-state index contributed by atoms with van der Waals surface area (Å²) in [4.78, 5) is 2.49. The Morgan fingerprint density at radius 3 is 1.87 bits per heavy atom. The second kappa shape index (κ2) is 10.1. The van der Waals surface area contributed by atoms with Crippen LogP contribution in [0.3, 0.4) is 0 Å². The summed E-state index contributed by atoms with van der Waals surface area (Å²) in [7, 11) is 0. The first-order valence-corrected chi connectivity index (χ1v) is 8.99. The van der Waals surface area contributed by atoms with Gasteiger partial charge in [-0.2, -0.15) is 0 Å². The van der Waals surface area contributed by atoms with E-state index in [-0.39, 0.29) is 5.17 Å². The van der Waals surface area contributed by atoms with E-state index in [9.17, 15) is 0 Å². The standard InChI is InChI=1S/C19H25N3S/c20-19(21)23-14-8-7-13-22(15-17-9-3-1-4-10-17)16-18-11-5-2-6-12-18/h1-6,9-12H,7-8,13-16H2,(H3,20,21). The maximum atomic E-state index is 7.24. The van der Waals surface area contributed by atoms with Gasteiger partial charge in [-0.25, -0.2) is 0 Å². The normalized spacial score (nSPS) is 10.8. The van der Waals surface area contributed by atoms with Crippen LogP contribution in [0.15, 0.2) is 60.7 Å². The van der Waals surface area contributed by atoms with Crippen molar-refractivity contribution in [1.82, 2.24) is 4.90 Å². The highest BCUT2D eigenvalue weighted by Gasteiger charge is 2.07. The predicted molar refractivity (Wildman–Crippen MR) is 101 cm³/mol. The Labute approximate surface area is 143 Å². The quantitative estimate of drug-likeness (QED) is 0.414. The monoisotopic (exact) mass is 327 g/mol. The summed E-state index contributed by atoms with van der Waals surface area (Å²) in [5.41, 5.74) is 8.07. The van der Waals surface area contributed by atoms with Crippen molar-refractivity contribution in [2.24, 2.45) is 5.73 Å². The molecular weight excluding hydrogens is 302 g/mol. The molecule has 122 valence electrons. The summed E-state index contributed by atoms with van der Waals surface area (Å²) in [5, 5.41) is 7.46. The topological polar surface area (TPSA) is 53.1 Å². The number of rotatable bonds is 9. The summed E-state index contributed by atoms with van der Waals surface area (Å²) in [5.74, 6) is 0.930. The Morgan fingerprint density at radius 1 is 0.870 bits per heavy atom. The van der Waals surface area contributed by atoms with Gasteiger partial charge in [0.15, 0.2) is 5.17 Å². The van der Waals surface area contributed by atoms with Crippen molar-refractivity contribution in [3.8, 4) is 0 Å². The number of hydrogen-bond donors (Lipinski definition) is 2. The minimum atomic E-state index is 0.218. The molecule has 3 nitrogen and oxygen atoms in total. The number of thioether (sulfide) groups is 1. The van der Waals surface area contributed by atoms with Gasteiger partial charge in [0.25, 0.3) is 0 Å². The molecule has 0 saturated heterocycles. The van der Waals surface area contributed by atoms with Crippen molar-refractivity contribution in [2.75, 3.05) is 12.3 Å². The average Bonchev–Trinajstić information content (AvgIpc) is 2.56. The summed E-state index contributed by atoms with van der Waals surface area (Å²) >= 11 is 1.43. The first kappa shape index (κ1) is 17.6. The molecule has 0 atom stereocenters. The van der Waals surface area contributed by atoms with Gasteiger partial charge in [-0.15, -0.1) is 0 Å². The van der Waals surface area contributed by atoms with E-state index in [0.29, 0.717) is 0 Å². The molecule has 2 aromatic carbocycles. The van der Waals surface area contributed by atoms with Crippen molar-refractivity contribution in [2.45, 2.75) is 25.9 Å². The molecule has 2 rings (SSSR count). The van der Waals surface area contributed by atoms with Gasteiger partial charge in [0.2, 0.25) is 0 Å². The van der Waals surface area contributed by atoms with Crippen molar-refractivity contribution >= 4 is 16.9 Å². The Hall–Kier alpha value is -1.78. The molecule has 0 heterocycles. The highest BCUT2D eigenvalue weighted by molar-refractivity contribution is 8.13. The number of nitrogens with one attached hydrogen (secondary N) is 1. The molecule has 0 radical (unpaired) electrons. The van der Waals surface area contributed by atoms with Gasteiger partial charge in [0.05, 0.1) is 0 Å². The van der Waals surface area contributed by atoms with Crippen LogP contribution in [0.25, 0.3) is 0 Å². The third kappa shape index (κ3) is 7.35. The lowest BCUT2D eigenvalue weighted by atomic mass is 10.1. The molecule has 3 N–H and O–H groups in total. The fraction of sp³-hybridized carbons (Fsp3) is 0.316. The minimum absolute atomic E-state index is 0.218. The molecule has 0 saturated carbocycles. The van der Waals surface area contributed by atoms with E-state index >= 15 is 0 Å². The van der Waals surface area contributed by atoms with E-state index in [1.165, 1.54) is 22.9 Å². The largest absolute Gasteiger partial charge is 0.379 e. The molecule has 0 aliphatic heterocycles. The lowest BCUT2D eigenvalue weighted by Crippen LogP contribution is -2.24. The first-order chi connectivity index (χ1) is 11.2. The van der Waals surface area contributed by atoms with Crippen LogP contribution < -0.4 is 5.73 Å². The van der Waals surface area contributed by atoms with E-state index < -0.39 is 0 Å². The first-order valence-electron chi connectivity index (χ1n) is 8.01. The van der Waals surface area contributed by atoms with E-state index in [0.717, 1.165) is 38.2 Å². The molecule has 0 bridgehead atoms. The van der Waals surface area contributed by atoms with Crippen LogP contribution in [0.5, 0.6) is 0 Å². The second-order valence-corrected chi connectivity index (χ2v) is 6.74. The Morgan fingerprint density at radius 2 is 1.39 bits per heavy atom. The third-order valence-corrected chi connectivity index (χ3v) is 4.43. The van der Waals surface area contributed by atoms with Crippen LogP contribution in [-0.2, 0) is 13.1 Å². The smallest absolute Gasteiger partial charge is 0.151 e.